The van der Waals surface area contributed by atoms with Gasteiger partial charge in [-0.05, 0) is 33.8 Å². The number of carbonyl (C=O) groups excluding carboxylic acids is 2. The monoisotopic (exact) mass is 345 g/mol. The molecule has 2 aromatic heterocycles. The highest BCUT2D eigenvalue weighted by Gasteiger charge is 2.16. The Balaban J connectivity index is 1.95. The zero-order chi connectivity index (χ0) is 18.6. The first-order valence-corrected chi connectivity index (χ1v) is 8.07. The van der Waals surface area contributed by atoms with Crippen LogP contribution in [0, 0.1) is 13.8 Å². The minimum absolute atomic E-state index is 0.109. The van der Waals surface area contributed by atoms with E-state index >= 15 is 0 Å². The number of carbonyl (C=O) groups is 2. The zero-order valence-corrected chi connectivity index (χ0v) is 15.1. The van der Waals surface area contributed by atoms with Crippen LogP contribution in [-0.4, -0.2) is 56.1 Å². The molecule has 0 saturated carbocycles. The highest BCUT2D eigenvalue weighted by atomic mass is 16.5. The standard InChI is InChI=1S/C17H23N5O3/c1-6-21(9-11(2)3)15(23)10-25-16(24)8-14-19-17-18-12(4)7-13(5)22(17)20-14/h7H,2,6,8-10H2,1,3-5H3. The van der Waals surface area contributed by atoms with Crippen LogP contribution in [0.5, 0.6) is 0 Å². The highest BCUT2D eigenvalue weighted by molar-refractivity contribution is 5.81. The van der Waals surface area contributed by atoms with Gasteiger partial charge >= 0.3 is 5.97 Å². The summed E-state index contributed by atoms with van der Waals surface area (Å²) in [7, 11) is 0. The SMILES string of the molecule is C=C(C)CN(CC)C(=O)COC(=O)Cc1nc2nc(C)cc(C)n2n1. The minimum Gasteiger partial charge on any atom is -0.455 e. The molecule has 0 fully saturated rings. The average Bonchev–Trinajstić information content (AvgIpc) is 2.92. The molecule has 0 radical (unpaired) electrons. The Bertz CT molecular complexity index is 812. The molecule has 0 aliphatic rings. The smallest absolute Gasteiger partial charge is 0.314 e. The number of fused-ring (bicyclic) bond motifs is 1. The normalized spacial score (nSPS) is 10.7. The molecule has 0 saturated heterocycles. The van der Waals surface area contributed by atoms with Gasteiger partial charge in [-0.25, -0.2) is 9.50 Å². The summed E-state index contributed by atoms with van der Waals surface area (Å²) < 4.78 is 6.63. The summed E-state index contributed by atoms with van der Waals surface area (Å²) in [5, 5.41) is 4.25. The van der Waals surface area contributed by atoms with E-state index in [1.54, 1.807) is 9.42 Å². The average molecular weight is 345 g/mol. The lowest BCUT2D eigenvalue weighted by Gasteiger charge is -2.20. The lowest BCUT2D eigenvalue weighted by atomic mass is 10.3. The van der Waals surface area contributed by atoms with Crippen LogP contribution < -0.4 is 0 Å². The molecule has 0 N–H and O–H groups in total. The van der Waals surface area contributed by atoms with E-state index in [1.807, 2.05) is 33.8 Å². The third-order valence-corrected chi connectivity index (χ3v) is 3.52. The van der Waals surface area contributed by atoms with Crippen molar-refractivity contribution < 1.29 is 14.3 Å². The van der Waals surface area contributed by atoms with Gasteiger partial charge in [0.1, 0.15) is 6.42 Å². The lowest BCUT2D eigenvalue weighted by Crippen LogP contribution is -2.35. The predicted octanol–water partition coefficient (Wildman–Crippen LogP) is 1.25. The highest BCUT2D eigenvalue weighted by Crippen LogP contribution is 2.06. The number of esters is 1. The van der Waals surface area contributed by atoms with Crippen LogP contribution in [0.15, 0.2) is 18.2 Å². The van der Waals surface area contributed by atoms with Crippen LogP contribution in [0.4, 0.5) is 0 Å². The molecule has 2 heterocycles. The number of nitrogens with zero attached hydrogens (tertiary/aromatic N) is 5. The van der Waals surface area contributed by atoms with Crippen molar-refractivity contribution in [3.63, 3.8) is 0 Å². The van der Waals surface area contributed by atoms with Crippen LogP contribution in [0.3, 0.4) is 0 Å². The van der Waals surface area contributed by atoms with Crippen molar-refractivity contribution in [2.24, 2.45) is 0 Å². The molecule has 0 aromatic carbocycles. The van der Waals surface area contributed by atoms with Gasteiger partial charge in [-0.1, -0.05) is 12.2 Å². The number of hydrogen-bond acceptors (Lipinski definition) is 6. The van der Waals surface area contributed by atoms with Gasteiger partial charge in [-0.15, -0.1) is 5.10 Å². The molecular weight excluding hydrogens is 322 g/mol. The maximum Gasteiger partial charge on any atom is 0.314 e. The van der Waals surface area contributed by atoms with Crippen molar-refractivity contribution in [1.82, 2.24) is 24.5 Å². The Morgan fingerprint density at radius 1 is 1.32 bits per heavy atom. The second kappa shape index (κ2) is 7.87. The maximum absolute atomic E-state index is 12.1. The second-order valence-corrected chi connectivity index (χ2v) is 5.98. The topological polar surface area (TPSA) is 89.7 Å². The van der Waals surface area contributed by atoms with E-state index in [0.29, 0.717) is 24.7 Å². The molecule has 0 aliphatic heterocycles. The Morgan fingerprint density at radius 2 is 2.04 bits per heavy atom. The largest absolute Gasteiger partial charge is 0.455 e. The van der Waals surface area contributed by atoms with Crippen LogP contribution in [-0.2, 0) is 20.7 Å². The summed E-state index contributed by atoms with van der Waals surface area (Å²) in [6.45, 7) is 11.9. The molecule has 25 heavy (non-hydrogen) atoms. The molecule has 0 spiro atoms. The summed E-state index contributed by atoms with van der Waals surface area (Å²) >= 11 is 0. The number of ether oxygens (including phenoxy) is 1. The number of hydrogen-bond donors (Lipinski definition) is 0. The molecule has 2 aromatic rings. The van der Waals surface area contributed by atoms with Crippen LogP contribution in [0.25, 0.3) is 5.78 Å². The molecule has 0 unspecified atom stereocenters. The second-order valence-electron chi connectivity index (χ2n) is 5.98. The number of aryl methyl sites for hydroxylation is 2. The molecular formula is C17H23N5O3. The number of rotatable bonds is 7. The zero-order valence-electron chi connectivity index (χ0n) is 15.1. The van der Waals surface area contributed by atoms with Gasteiger partial charge in [0, 0.05) is 24.5 Å². The van der Waals surface area contributed by atoms with Crippen molar-refractivity contribution in [2.45, 2.75) is 34.1 Å². The van der Waals surface area contributed by atoms with Gasteiger partial charge < -0.3 is 9.64 Å². The first-order valence-electron chi connectivity index (χ1n) is 8.07. The van der Waals surface area contributed by atoms with Crippen molar-refractivity contribution in [2.75, 3.05) is 19.7 Å². The van der Waals surface area contributed by atoms with Crippen LogP contribution in [0.2, 0.25) is 0 Å². The number of aromatic nitrogens is 4. The van der Waals surface area contributed by atoms with Crippen molar-refractivity contribution >= 4 is 17.7 Å². The summed E-state index contributed by atoms with van der Waals surface area (Å²) in [5.74, 6) is -0.0529. The molecule has 0 atom stereocenters. The summed E-state index contributed by atoms with van der Waals surface area (Å²) in [6.07, 6.45) is -0.109. The molecule has 0 bridgehead atoms. The third-order valence-electron chi connectivity index (χ3n) is 3.52. The molecule has 8 nitrogen and oxygen atoms in total. The summed E-state index contributed by atoms with van der Waals surface area (Å²) in [4.78, 5) is 34.1. The number of likely N-dealkylation sites (N-methyl/N-ethyl adjacent to an activating group) is 1. The van der Waals surface area contributed by atoms with Gasteiger partial charge in [0.2, 0.25) is 0 Å². The molecule has 2 rings (SSSR count). The third kappa shape index (κ3) is 4.85. The quantitative estimate of drug-likeness (QED) is 0.554. The Hall–Kier alpha value is -2.77. The van der Waals surface area contributed by atoms with Gasteiger partial charge in [-0.2, -0.15) is 4.98 Å². The first kappa shape index (κ1) is 18.6. The van der Waals surface area contributed by atoms with Gasteiger partial charge in [0.15, 0.2) is 12.4 Å². The van der Waals surface area contributed by atoms with Crippen LogP contribution >= 0.6 is 0 Å². The lowest BCUT2D eigenvalue weighted by molar-refractivity contribution is -0.151. The first-order chi connectivity index (χ1) is 11.8. The summed E-state index contributed by atoms with van der Waals surface area (Å²) in [6, 6.07) is 1.88. The fourth-order valence-corrected chi connectivity index (χ4v) is 2.40. The Labute approximate surface area is 146 Å². The van der Waals surface area contributed by atoms with Crippen LogP contribution in [0.1, 0.15) is 31.1 Å². The summed E-state index contributed by atoms with van der Waals surface area (Å²) in [5.41, 5.74) is 2.58. The van der Waals surface area contributed by atoms with E-state index in [2.05, 4.69) is 21.6 Å². The van der Waals surface area contributed by atoms with E-state index in [0.717, 1.165) is 17.0 Å². The van der Waals surface area contributed by atoms with E-state index in [1.165, 1.54) is 0 Å². The molecule has 134 valence electrons. The molecule has 0 aliphatic carbocycles. The van der Waals surface area contributed by atoms with E-state index in [-0.39, 0.29) is 18.9 Å². The fourth-order valence-electron chi connectivity index (χ4n) is 2.40. The van der Waals surface area contributed by atoms with Gasteiger partial charge in [0.25, 0.3) is 11.7 Å². The van der Waals surface area contributed by atoms with E-state index in [9.17, 15) is 9.59 Å². The predicted molar refractivity (Wildman–Crippen MR) is 92.0 cm³/mol. The Kier molecular flexibility index (Phi) is 5.84. The molecule has 1 amide bonds. The van der Waals surface area contributed by atoms with Crippen molar-refractivity contribution in [1.29, 1.82) is 0 Å². The van der Waals surface area contributed by atoms with Crippen molar-refractivity contribution in [3.05, 3.63) is 35.4 Å². The maximum atomic E-state index is 12.1. The van der Waals surface area contributed by atoms with Crippen molar-refractivity contribution in [3.8, 4) is 0 Å². The Morgan fingerprint density at radius 3 is 2.68 bits per heavy atom. The van der Waals surface area contributed by atoms with Gasteiger partial charge in [-0.3, -0.25) is 9.59 Å². The minimum atomic E-state index is -0.551. The number of amides is 1. The molecule has 8 heteroatoms. The van der Waals surface area contributed by atoms with E-state index in [4.69, 9.17) is 4.74 Å². The van der Waals surface area contributed by atoms with E-state index < -0.39 is 5.97 Å². The fraction of sp³-hybridized carbons (Fsp3) is 0.471. The van der Waals surface area contributed by atoms with Gasteiger partial charge in [0.05, 0.1) is 0 Å².